The van der Waals surface area contributed by atoms with Gasteiger partial charge in [-0.05, 0) is 27.2 Å². The molecule has 1 N–H and O–H groups in total. The maximum Gasteiger partial charge on any atom is 0.331 e. The summed E-state index contributed by atoms with van der Waals surface area (Å²) < 4.78 is 10.4. The lowest BCUT2D eigenvalue weighted by Gasteiger charge is -2.28. The van der Waals surface area contributed by atoms with Gasteiger partial charge in [0, 0.05) is 6.07 Å². The lowest BCUT2D eigenvalue weighted by Crippen LogP contribution is -2.44. The van der Waals surface area contributed by atoms with E-state index in [0.29, 0.717) is 18.1 Å². The molecule has 0 fully saturated rings. The fourth-order valence-corrected chi connectivity index (χ4v) is 1.94. The maximum absolute atomic E-state index is 11.9. The molecular formula is C14H23N3O3. The molecule has 0 aliphatic carbocycles. The van der Waals surface area contributed by atoms with Crippen LogP contribution >= 0.6 is 0 Å². The Bertz CT molecular complexity index is 451. The summed E-state index contributed by atoms with van der Waals surface area (Å²) in [5, 5.41) is 3.11. The van der Waals surface area contributed by atoms with E-state index in [0.717, 1.165) is 6.42 Å². The van der Waals surface area contributed by atoms with Crippen LogP contribution in [0.5, 0.6) is 5.88 Å². The van der Waals surface area contributed by atoms with Gasteiger partial charge in [0.15, 0.2) is 0 Å². The molecule has 1 heterocycles. The van der Waals surface area contributed by atoms with Gasteiger partial charge < -0.3 is 14.8 Å². The van der Waals surface area contributed by atoms with Crippen LogP contribution in [0.15, 0.2) is 12.4 Å². The predicted octanol–water partition coefficient (Wildman–Crippen LogP) is 2.41. The van der Waals surface area contributed by atoms with Crippen molar-refractivity contribution in [2.45, 2.75) is 52.2 Å². The minimum atomic E-state index is -0.813. The third-order valence-electron chi connectivity index (χ3n) is 2.79. The number of rotatable bonds is 7. The van der Waals surface area contributed by atoms with Crippen LogP contribution in [0.4, 0.5) is 5.82 Å². The number of hydrogen-bond donors (Lipinski definition) is 1. The molecule has 6 nitrogen and oxygen atoms in total. The predicted molar refractivity (Wildman–Crippen MR) is 76.7 cm³/mol. The smallest absolute Gasteiger partial charge is 0.331 e. The minimum Gasteiger partial charge on any atom is -0.475 e. The van der Waals surface area contributed by atoms with E-state index in [1.54, 1.807) is 13.0 Å². The van der Waals surface area contributed by atoms with Gasteiger partial charge >= 0.3 is 5.97 Å². The number of anilines is 1. The summed E-state index contributed by atoms with van der Waals surface area (Å²) >= 11 is 0. The Labute approximate surface area is 119 Å². The summed E-state index contributed by atoms with van der Waals surface area (Å²) in [5.74, 6) is 0.697. The van der Waals surface area contributed by atoms with Gasteiger partial charge in [0.25, 0.3) is 0 Å². The molecule has 6 heteroatoms. The molecule has 0 bridgehead atoms. The number of methoxy groups -OCH3 is 1. The Morgan fingerprint density at radius 1 is 1.45 bits per heavy atom. The summed E-state index contributed by atoms with van der Waals surface area (Å²) in [6.45, 7) is 7.65. The van der Waals surface area contributed by atoms with Gasteiger partial charge in [-0.25, -0.2) is 14.8 Å². The summed E-state index contributed by atoms with van der Waals surface area (Å²) in [6, 6.07) is 1.68. The van der Waals surface area contributed by atoms with Crippen molar-refractivity contribution in [1.82, 2.24) is 9.97 Å². The third kappa shape index (κ3) is 4.36. The second-order valence-corrected chi connectivity index (χ2v) is 5.11. The molecule has 0 saturated heterocycles. The zero-order valence-corrected chi connectivity index (χ0v) is 12.8. The molecule has 1 aromatic rings. The number of nitrogens with one attached hydrogen (secondary N) is 1. The number of ether oxygens (including phenoxy) is 2. The largest absolute Gasteiger partial charge is 0.475 e. The van der Waals surface area contributed by atoms with E-state index in [1.165, 1.54) is 13.4 Å². The fourth-order valence-electron chi connectivity index (χ4n) is 1.94. The van der Waals surface area contributed by atoms with Crippen molar-refractivity contribution in [2.24, 2.45) is 0 Å². The van der Waals surface area contributed by atoms with E-state index in [9.17, 15) is 4.79 Å². The lowest BCUT2D eigenvalue weighted by atomic mass is 9.96. The van der Waals surface area contributed by atoms with Gasteiger partial charge in [-0.15, -0.1) is 0 Å². The van der Waals surface area contributed by atoms with Crippen molar-refractivity contribution >= 4 is 11.8 Å². The van der Waals surface area contributed by atoms with Crippen molar-refractivity contribution in [3.63, 3.8) is 0 Å². The normalized spacial score (nSPS) is 13.7. The monoisotopic (exact) mass is 281 g/mol. The van der Waals surface area contributed by atoms with Crippen LogP contribution in [0.25, 0.3) is 0 Å². The lowest BCUT2D eigenvalue weighted by molar-refractivity contribution is -0.145. The standard InChI is InChI=1S/C14H23N3O3/c1-6-7-14(4,13(18)19-5)17-11-8-12(16-9-15-11)20-10(2)3/h8-10H,6-7H2,1-5H3,(H,15,16,17). The van der Waals surface area contributed by atoms with Gasteiger partial charge in [-0.1, -0.05) is 13.3 Å². The molecule has 20 heavy (non-hydrogen) atoms. The highest BCUT2D eigenvalue weighted by atomic mass is 16.5. The molecule has 1 atom stereocenters. The molecule has 1 unspecified atom stereocenters. The first-order valence-corrected chi connectivity index (χ1v) is 6.76. The molecule has 112 valence electrons. The third-order valence-corrected chi connectivity index (χ3v) is 2.79. The molecular weight excluding hydrogens is 258 g/mol. The van der Waals surface area contributed by atoms with Gasteiger partial charge in [0.2, 0.25) is 5.88 Å². The summed E-state index contributed by atoms with van der Waals surface area (Å²) in [4.78, 5) is 20.1. The van der Waals surface area contributed by atoms with E-state index in [4.69, 9.17) is 9.47 Å². The van der Waals surface area contributed by atoms with Crippen LogP contribution in [0.3, 0.4) is 0 Å². The zero-order chi connectivity index (χ0) is 15.2. The summed E-state index contributed by atoms with van der Waals surface area (Å²) in [6.07, 6.45) is 2.92. The van der Waals surface area contributed by atoms with Crippen LogP contribution < -0.4 is 10.1 Å². The Hall–Kier alpha value is -1.85. The topological polar surface area (TPSA) is 73.3 Å². The molecule has 0 saturated carbocycles. The first-order valence-electron chi connectivity index (χ1n) is 6.76. The number of esters is 1. The van der Waals surface area contributed by atoms with Crippen molar-refractivity contribution < 1.29 is 14.3 Å². The van der Waals surface area contributed by atoms with Gasteiger partial charge in [-0.3, -0.25) is 0 Å². The van der Waals surface area contributed by atoms with Crippen LogP contribution in [-0.4, -0.2) is 34.7 Å². The van der Waals surface area contributed by atoms with Crippen molar-refractivity contribution in [3.8, 4) is 5.88 Å². The number of carbonyl (C=O) groups excluding carboxylic acids is 1. The Balaban J connectivity index is 2.91. The van der Waals surface area contributed by atoms with Crippen LogP contribution in [-0.2, 0) is 9.53 Å². The van der Waals surface area contributed by atoms with Crippen LogP contribution in [0.2, 0.25) is 0 Å². The van der Waals surface area contributed by atoms with Crippen LogP contribution in [0.1, 0.15) is 40.5 Å². The molecule has 0 spiro atoms. The SMILES string of the molecule is CCCC(C)(Nc1cc(OC(C)C)ncn1)C(=O)OC. The number of aromatic nitrogens is 2. The molecule has 0 amide bonds. The summed E-state index contributed by atoms with van der Waals surface area (Å²) in [7, 11) is 1.38. The molecule has 0 aromatic carbocycles. The van der Waals surface area contributed by atoms with E-state index in [-0.39, 0.29) is 12.1 Å². The highest BCUT2D eigenvalue weighted by Gasteiger charge is 2.33. The number of nitrogens with zero attached hydrogens (tertiary/aromatic N) is 2. The summed E-state index contributed by atoms with van der Waals surface area (Å²) in [5.41, 5.74) is -0.813. The first kappa shape index (κ1) is 16.2. The van der Waals surface area contributed by atoms with Gasteiger partial charge in [-0.2, -0.15) is 0 Å². The highest BCUT2D eigenvalue weighted by molar-refractivity contribution is 5.83. The molecule has 0 aliphatic heterocycles. The Kier molecular flexibility index (Phi) is 5.73. The van der Waals surface area contributed by atoms with Crippen molar-refractivity contribution in [2.75, 3.05) is 12.4 Å². The second kappa shape index (κ2) is 7.07. The number of hydrogen-bond acceptors (Lipinski definition) is 6. The Morgan fingerprint density at radius 3 is 2.70 bits per heavy atom. The minimum absolute atomic E-state index is 0.0281. The van der Waals surface area contributed by atoms with Gasteiger partial charge in [0.1, 0.15) is 17.7 Å². The van der Waals surface area contributed by atoms with E-state index in [2.05, 4.69) is 15.3 Å². The van der Waals surface area contributed by atoms with E-state index in [1.807, 2.05) is 20.8 Å². The van der Waals surface area contributed by atoms with Crippen LogP contribution in [0, 0.1) is 0 Å². The number of carbonyl (C=O) groups is 1. The van der Waals surface area contributed by atoms with Crippen molar-refractivity contribution in [3.05, 3.63) is 12.4 Å². The molecule has 1 aromatic heterocycles. The second-order valence-electron chi connectivity index (χ2n) is 5.11. The average molecular weight is 281 g/mol. The average Bonchev–Trinajstić information content (AvgIpc) is 2.37. The first-order chi connectivity index (χ1) is 9.41. The molecule has 0 aliphatic rings. The van der Waals surface area contributed by atoms with Crippen molar-refractivity contribution in [1.29, 1.82) is 0 Å². The highest BCUT2D eigenvalue weighted by Crippen LogP contribution is 2.22. The maximum atomic E-state index is 11.9. The molecule has 1 rings (SSSR count). The van der Waals surface area contributed by atoms with E-state index < -0.39 is 5.54 Å². The molecule has 0 radical (unpaired) electrons. The Morgan fingerprint density at radius 2 is 2.15 bits per heavy atom. The fraction of sp³-hybridized carbons (Fsp3) is 0.643. The zero-order valence-electron chi connectivity index (χ0n) is 12.8. The van der Waals surface area contributed by atoms with Gasteiger partial charge in [0.05, 0.1) is 13.2 Å². The van der Waals surface area contributed by atoms with E-state index >= 15 is 0 Å². The quantitative estimate of drug-likeness (QED) is 0.774.